The van der Waals surface area contributed by atoms with E-state index >= 15 is 0 Å². The Balaban J connectivity index is 1.46. The number of aryl methyl sites for hydroxylation is 1. The number of nitro benzene ring substituents is 2. The lowest BCUT2D eigenvalue weighted by Gasteiger charge is -2.17. The van der Waals surface area contributed by atoms with E-state index in [1.807, 2.05) is 25.1 Å². The summed E-state index contributed by atoms with van der Waals surface area (Å²) in [6.45, 7) is 6.32. The number of nitro groups is 2. The standard InChI is InChI=1S/C28H25N3O8S/c1-17(2)22-9-7-18(3)13-25(22)38-12-11-29-27(32)26(40-28(29)33)15-19-5-4-6-21(14-19)39-24-10-8-20(30(34)35)16-23(24)31(36)37/h4-10,13-17H,11-12H2,1-3H3/b26-15-. The number of non-ortho nitro benzene ring substituents is 1. The van der Waals surface area contributed by atoms with Gasteiger partial charge < -0.3 is 9.47 Å². The van der Waals surface area contributed by atoms with Crippen LogP contribution in [0.15, 0.2) is 65.6 Å². The van der Waals surface area contributed by atoms with Crippen LogP contribution in [0.25, 0.3) is 6.08 Å². The predicted molar refractivity (Wildman–Crippen MR) is 150 cm³/mol. The van der Waals surface area contributed by atoms with Crippen molar-refractivity contribution in [3.05, 3.63) is 102 Å². The molecule has 1 heterocycles. The molecule has 0 unspecified atom stereocenters. The van der Waals surface area contributed by atoms with Gasteiger partial charge in [-0.3, -0.25) is 34.7 Å². The molecule has 206 valence electrons. The molecule has 0 aromatic heterocycles. The van der Waals surface area contributed by atoms with Gasteiger partial charge in [0.15, 0.2) is 0 Å². The first-order valence-electron chi connectivity index (χ1n) is 12.2. The highest BCUT2D eigenvalue weighted by molar-refractivity contribution is 8.18. The smallest absolute Gasteiger partial charge is 0.318 e. The van der Waals surface area contributed by atoms with Crippen molar-refractivity contribution in [3.8, 4) is 17.2 Å². The van der Waals surface area contributed by atoms with Crippen molar-refractivity contribution in [3.63, 3.8) is 0 Å². The molecule has 2 amide bonds. The quantitative estimate of drug-likeness (QED) is 0.147. The molecule has 0 spiro atoms. The van der Waals surface area contributed by atoms with Gasteiger partial charge in [-0.2, -0.15) is 0 Å². The Morgan fingerprint density at radius 3 is 2.45 bits per heavy atom. The molecule has 0 radical (unpaired) electrons. The van der Waals surface area contributed by atoms with Gasteiger partial charge in [0.25, 0.3) is 16.8 Å². The summed E-state index contributed by atoms with van der Waals surface area (Å²) < 4.78 is 11.6. The predicted octanol–water partition coefficient (Wildman–Crippen LogP) is 6.84. The lowest BCUT2D eigenvalue weighted by molar-refractivity contribution is -0.394. The first-order chi connectivity index (χ1) is 19.0. The molecular formula is C28H25N3O8S. The molecule has 3 aromatic carbocycles. The number of thioether (sulfide) groups is 1. The number of hydrogen-bond donors (Lipinski definition) is 0. The Kier molecular flexibility index (Phi) is 8.49. The van der Waals surface area contributed by atoms with Crippen LogP contribution in [0.4, 0.5) is 16.2 Å². The summed E-state index contributed by atoms with van der Waals surface area (Å²) in [5.74, 6) is 0.550. The van der Waals surface area contributed by atoms with E-state index in [2.05, 4.69) is 13.8 Å². The maximum atomic E-state index is 13.0. The number of hydrogen-bond acceptors (Lipinski definition) is 9. The molecule has 3 aromatic rings. The number of ether oxygens (including phenoxy) is 2. The fourth-order valence-corrected chi connectivity index (χ4v) is 4.84. The van der Waals surface area contributed by atoms with Gasteiger partial charge in [-0.05, 0) is 71.6 Å². The molecular weight excluding hydrogens is 538 g/mol. The molecule has 1 fully saturated rings. The topological polar surface area (TPSA) is 142 Å². The SMILES string of the molecule is Cc1ccc(C(C)C)c(OCCN2C(=O)S/C(=C\c3cccc(Oc4ccc([N+](=O)[O-])cc4[N+](=O)[O-])c3)C2=O)c1. The third-order valence-electron chi connectivity index (χ3n) is 5.97. The lowest BCUT2D eigenvalue weighted by atomic mass is 10.0. The van der Waals surface area contributed by atoms with E-state index in [0.717, 1.165) is 51.7 Å². The van der Waals surface area contributed by atoms with Crippen molar-refractivity contribution in [2.24, 2.45) is 0 Å². The van der Waals surface area contributed by atoms with Crippen LogP contribution in [0.1, 0.15) is 36.5 Å². The normalized spacial score (nSPS) is 14.2. The van der Waals surface area contributed by atoms with Crippen LogP contribution in [-0.4, -0.2) is 39.0 Å². The Hall–Kier alpha value is -4.71. The molecule has 1 saturated heterocycles. The van der Waals surface area contributed by atoms with E-state index in [-0.39, 0.29) is 35.5 Å². The van der Waals surface area contributed by atoms with Crippen molar-refractivity contribution < 1.29 is 28.9 Å². The summed E-state index contributed by atoms with van der Waals surface area (Å²) >= 11 is 0.803. The van der Waals surface area contributed by atoms with Crippen LogP contribution in [-0.2, 0) is 4.79 Å². The third-order valence-corrected chi connectivity index (χ3v) is 6.88. The Labute approximate surface area is 233 Å². The highest BCUT2D eigenvalue weighted by Crippen LogP contribution is 2.36. The van der Waals surface area contributed by atoms with Crippen molar-refractivity contribution in [1.29, 1.82) is 0 Å². The van der Waals surface area contributed by atoms with Crippen LogP contribution in [0.5, 0.6) is 17.2 Å². The van der Waals surface area contributed by atoms with Crippen LogP contribution in [0.3, 0.4) is 0 Å². The van der Waals surface area contributed by atoms with Crippen molar-refractivity contribution in [1.82, 2.24) is 4.90 Å². The highest BCUT2D eigenvalue weighted by atomic mass is 32.2. The van der Waals surface area contributed by atoms with Crippen LogP contribution >= 0.6 is 11.8 Å². The van der Waals surface area contributed by atoms with Gasteiger partial charge in [0.1, 0.15) is 18.1 Å². The number of amides is 2. The van der Waals surface area contributed by atoms with Crippen LogP contribution in [0, 0.1) is 27.2 Å². The molecule has 1 aliphatic rings. The van der Waals surface area contributed by atoms with Gasteiger partial charge in [0.05, 0.1) is 27.4 Å². The van der Waals surface area contributed by atoms with E-state index in [1.54, 1.807) is 18.2 Å². The fraction of sp³-hybridized carbons (Fsp3) is 0.214. The first kappa shape index (κ1) is 28.3. The number of rotatable bonds is 10. The minimum absolute atomic E-state index is 0.0838. The Morgan fingerprint density at radius 1 is 0.975 bits per heavy atom. The Bertz CT molecular complexity index is 1540. The summed E-state index contributed by atoms with van der Waals surface area (Å²) in [7, 11) is 0. The van der Waals surface area contributed by atoms with Gasteiger partial charge in [-0.1, -0.05) is 38.1 Å². The number of benzene rings is 3. The zero-order valence-electron chi connectivity index (χ0n) is 21.9. The molecule has 0 N–H and O–H groups in total. The van der Waals surface area contributed by atoms with Crippen molar-refractivity contribution >= 4 is 40.4 Å². The number of imide groups is 1. The fourth-order valence-electron chi connectivity index (χ4n) is 3.98. The molecule has 0 bridgehead atoms. The monoisotopic (exact) mass is 563 g/mol. The summed E-state index contributed by atoms with van der Waals surface area (Å²) in [6.07, 6.45) is 1.53. The maximum Gasteiger partial charge on any atom is 0.318 e. The molecule has 4 rings (SSSR count). The zero-order valence-corrected chi connectivity index (χ0v) is 22.7. The number of carbonyl (C=O) groups is 2. The molecule has 1 aliphatic heterocycles. The van der Waals surface area contributed by atoms with Gasteiger partial charge in [-0.15, -0.1) is 0 Å². The molecule has 0 saturated carbocycles. The largest absolute Gasteiger partial charge is 0.491 e. The minimum Gasteiger partial charge on any atom is -0.491 e. The molecule has 0 aliphatic carbocycles. The molecule has 11 nitrogen and oxygen atoms in total. The minimum atomic E-state index is -0.769. The lowest BCUT2D eigenvalue weighted by Crippen LogP contribution is -2.32. The summed E-state index contributed by atoms with van der Waals surface area (Å²) in [6, 6.07) is 15.4. The van der Waals surface area contributed by atoms with E-state index in [1.165, 1.54) is 12.1 Å². The van der Waals surface area contributed by atoms with Crippen molar-refractivity contribution in [2.45, 2.75) is 26.7 Å². The molecule has 40 heavy (non-hydrogen) atoms. The van der Waals surface area contributed by atoms with Gasteiger partial charge in [0, 0.05) is 6.07 Å². The van der Waals surface area contributed by atoms with Crippen LogP contribution in [0.2, 0.25) is 0 Å². The van der Waals surface area contributed by atoms with E-state index in [9.17, 15) is 29.8 Å². The zero-order chi connectivity index (χ0) is 29.0. The second-order valence-corrected chi connectivity index (χ2v) is 10.2. The van der Waals surface area contributed by atoms with Gasteiger partial charge in [-0.25, -0.2) is 0 Å². The van der Waals surface area contributed by atoms with Crippen LogP contribution < -0.4 is 9.47 Å². The average molecular weight is 564 g/mol. The summed E-state index contributed by atoms with van der Waals surface area (Å²) in [5, 5.41) is 22.0. The Morgan fingerprint density at radius 2 is 1.75 bits per heavy atom. The highest BCUT2D eigenvalue weighted by Gasteiger charge is 2.35. The van der Waals surface area contributed by atoms with Gasteiger partial charge >= 0.3 is 5.69 Å². The molecule has 0 atom stereocenters. The first-order valence-corrected chi connectivity index (χ1v) is 13.0. The average Bonchev–Trinajstić information content (AvgIpc) is 3.16. The second-order valence-electron chi connectivity index (χ2n) is 9.22. The summed E-state index contributed by atoms with van der Waals surface area (Å²) in [4.78, 5) is 47.8. The van der Waals surface area contributed by atoms with E-state index < -0.39 is 32.4 Å². The van der Waals surface area contributed by atoms with Gasteiger partial charge in [0.2, 0.25) is 5.75 Å². The second kappa shape index (κ2) is 12.0. The summed E-state index contributed by atoms with van der Waals surface area (Å²) in [5.41, 5.74) is 1.61. The third kappa shape index (κ3) is 6.46. The molecule has 12 heteroatoms. The van der Waals surface area contributed by atoms with Crippen molar-refractivity contribution in [2.75, 3.05) is 13.2 Å². The number of nitrogens with zero attached hydrogens (tertiary/aromatic N) is 3. The van der Waals surface area contributed by atoms with E-state index in [0.29, 0.717) is 5.56 Å². The van der Waals surface area contributed by atoms with E-state index in [4.69, 9.17) is 9.47 Å². The maximum absolute atomic E-state index is 13.0. The number of carbonyl (C=O) groups excluding carboxylic acids is 2.